The lowest BCUT2D eigenvalue weighted by Gasteiger charge is -2.29. The minimum atomic E-state index is -0.742. The van der Waals surface area contributed by atoms with Crippen molar-refractivity contribution in [3.8, 4) is 20.9 Å². The van der Waals surface area contributed by atoms with Gasteiger partial charge in [0, 0.05) is 43.4 Å². The first-order chi connectivity index (χ1) is 27.9. The normalized spacial score (nSPS) is 16.8. The first-order valence-electron chi connectivity index (χ1n) is 19.5. The maximum absolute atomic E-state index is 13.8. The quantitative estimate of drug-likeness (QED) is 0.107. The Bertz CT molecular complexity index is 2550. The van der Waals surface area contributed by atoms with Crippen LogP contribution in [0.1, 0.15) is 64.6 Å². The molecule has 6 heterocycles. The van der Waals surface area contributed by atoms with Crippen LogP contribution < -0.4 is 10.6 Å². The molecule has 0 aliphatic carbocycles. The van der Waals surface area contributed by atoms with Crippen LogP contribution in [0.2, 0.25) is 0 Å². The Labute approximate surface area is 343 Å². The number of imidazole rings is 2. The molecule has 1 unspecified atom stereocenters. The number of carbonyl (C=O) groups is 4. The molecule has 1 saturated heterocycles. The lowest BCUT2D eigenvalue weighted by molar-refractivity contribution is -0.135. The molecule has 1 fully saturated rings. The van der Waals surface area contributed by atoms with Crippen LogP contribution in [-0.4, -0.2) is 93.1 Å². The summed E-state index contributed by atoms with van der Waals surface area (Å²) in [6.45, 7) is 8.67. The molecule has 0 saturated carbocycles. The number of carbonyl (C=O) groups excluding carboxylic acids is 4. The van der Waals surface area contributed by atoms with Crippen molar-refractivity contribution < 1.29 is 28.7 Å². The number of aromatic nitrogens is 4. The first kappa shape index (κ1) is 39.1. The van der Waals surface area contributed by atoms with Crippen molar-refractivity contribution in [3.63, 3.8) is 0 Å². The van der Waals surface area contributed by atoms with Crippen molar-refractivity contribution in [1.29, 1.82) is 0 Å². The summed E-state index contributed by atoms with van der Waals surface area (Å²) in [4.78, 5) is 74.4. The standard InChI is InChI=1S/C42H46N8O6S2/c1-21(2)33(47-41(53)55-5)39(51)49-17-9-15-27(49)37-43-25-13-7-11-23(35(25)45-37)29-19-31-32(57-29)20-30(58-31)24-12-8-14-26-36(24)46-38(44-26)28-16-10-18-50(28)40(52)34(22(3)4)48-42(54)56-6/h7-8,11-15,19-22,28,33-34H,9-10,16-18H2,1-6H3,(H,43,45)(H,44,46)(H,47,53)(H,48,54)/t28?,33-,34-/m0/s1. The largest absolute Gasteiger partial charge is 0.453 e. The Kier molecular flexibility index (Phi) is 10.7. The Hall–Kier alpha value is -5.74. The topological polar surface area (TPSA) is 175 Å². The SMILES string of the molecule is COC(=O)N[C@H](C(=O)N1CCC=C1c1nc2c(-c3cc4sc(-c5cccc6[nH]c(C7CCCN7C(=O)[C@@H](NC(=O)OC)C(C)C)nc56)cc4s3)cccc2[nH]1)C(C)C. The van der Waals surface area contributed by atoms with Crippen LogP contribution in [0, 0.1) is 11.8 Å². The van der Waals surface area contributed by atoms with Crippen molar-refractivity contribution in [3.05, 3.63) is 66.3 Å². The van der Waals surface area contributed by atoms with E-state index in [9.17, 15) is 19.2 Å². The second-order valence-corrected chi connectivity index (χ2v) is 17.5. The van der Waals surface area contributed by atoms with Gasteiger partial charge in [0.25, 0.3) is 0 Å². The average Bonchev–Trinajstić information content (AvgIpc) is 4.06. The summed E-state index contributed by atoms with van der Waals surface area (Å²) in [6.07, 6.45) is 3.02. The van der Waals surface area contributed by atoms with Gasteiger partial charge in [-0.1, -0.05) is 58.0 Å². The van der Waals surface area contributed by atoms with E-state index in [1.807, 2.05) is 62.9 Å². The number of rotatable bonds is 10. The summed E-state index contributed by atoms with van der Waals surface area (Å²) >= 11 is 3.41. The van der Waals surface area contributed by atoms with Gasteiger partial charge in [0.2, 0.25) is 11.8 Å². The zero-order valence-corrected chi connectivity index (χ0v) is 34.8. The molecule has 58 heavy (non-hydrogen) atoms. The van der Waals surface area contributed by atoms with E-state index in [0.29, 0.717) is 31.0 Å². The van der Waals surface area contributed by atoms with Crippen molar-refractivity contribution >= 4 is 83.8 Å². The van der Waals surface area contributed by atoms with Gasteiger partial charge in [0.15, 0.2) is 5.82 Å². The van der Waals surface area contributed by atoms with Crippen LogP contribution in [0.5, 0.6) is 0 Å². The number of thiophene rings is 2. The van der Waals surface area contributed by atoms with Crippen LogP contribution in [0.3, 0.4) is 0 Å². The van der Waals surface area contributed by atoms with Crippen LogP contribution in [0.4, 0.5) is 9.59 Å². The molecule has 0 bridgehead atoms. The molecule has 4 N–H and O–H groups in total. The molecule has 3 atom stereocenters. The molecule has 4 aromatic heterocycles. The van der Waals surface area contributed by atoms with Gasteiger partial charge in [-0.15, -0.1) is 22.7 Å². The first-order valence-corrected chi connectivity index (χ1v) is 21.1. The van der Waals surface area contributed by atoms with Crippen LogP contribution >= 0.6 is 22.7 Å². The molecule has 16 heteroatoms. The van der Waals surface area contributed by atoms with Gasteiger partial charge in [-0.2, -0.15) is 0 Å². The molecule has 2 aliphatic heterocycles. The number of para-hydroxylation sites is 2. The third-order valence-corrected chi connectivity index (χ3v) is 13.3. The van der Waals surface area contributed by atoms with E-state index < -0.39 is 24.3 Å². The highest BCUT2D eigenvalue weighted by molar-refractivity contribution is 7.31. The third kappa shape index (κ3) is 7.19. The fraction of sp³-hybridized carbons (Fsp3) is 0.381. The number of methoxy groups -OCH3 is 2. The van der Waals surface area contributed by atoms with Crippen LogP contribution in [-0.2, 0) is 19.1 Å². The summed E-state index contributed by atoms with van der Waals surface area (Å²) in [5.41, 5.74) is 6.13. The summed E-state index contributed by atoms with van der Waals surface area (Å²) in [7, 11) is 2.58. The number of benzene rings is 2. The van der Waals surface area contributed by atoms with Gasteiger partial charge < -0.3 is 39.9 Å². The number of nitrogens with one attached hydrogen (secondary N) is 4. The number of aromatic amines is 2. The monoisotopic (exact) mass is 822 g/mol. The predicted molar refractivity (Wildman–Crippen MR) is 226 cm³/mol. The number of likely N-dealkylation sites (tertiary alicyclic amines) is 1. The number of fused-ring (bicyclic) bond motifs is 3. The zero-order valence-electron chi connectivity index (χ0n) is 33.2. The average molecular weight is 823 g/mol. The number of hydrogen-bond acceptors (Lipinski definition) is 10. The summed E-state index contributed by atoms with van der Waals surface area (Å²) in [6, 6.07) is 14.9. The molecule has 0 spiro atoms. The molecule has 0 radical (unpaired) electrons. The zero-order chi connectivity index (χ0) is 40.8. The number of alkyl carbamates (subject to hydrolysis) is 2. The Morgan fingerprint density at radius 2 is 1.34 bits per heavy atom. The second-order valence-electron chi connectivity index (χ2n) is 15.3. The Morgan fingerprint density at radius 3 is 1.93 bits per heavy atom. The molecule has 2 aliphatic rings. The van der Waals surface area contributed by atoms with Gasteiger partial charge in [0.1, 0.15) is 17.9 Å². The fourth-order valence-electron chi connectivity index (χ4n) is 7.94. The number of hydrogen-bond donors (Lipinski definition) is 4. The van der Waals surface area contributed by atoms with E-state index in [1.165, 1.54) is 14.2 Å². The van der Waals surface area contributed by atoms with E-state index in [-0.39, 0.29) is 29.7 Å². The van der Waals surface area contributed by atoms with Crippen molar-refractivity contribution in [1.82, 2.24) is 40.4 Å². The highest BCUT2D eigenvalue weighted by Crippen LogP contribution is 2.45. The second kappa shape index (κ2) is 15.9. The minimum Gasteiger partial charge on any atom is -0.453 e. The Balaban J connectivity index is 1.05. The third-order valence-electron chi connectivity index (χ3n) is 10.9. The molecule has 14 nitrogen and oxygen atoms in total. The Morgan fingerprint density at radius 1 is 0.776 bits per heavy atom. The van der Waals surface area contributed by atoms with Gasteiger partial charge in [-0.3, -0.25) is 9.59 Å². The van der Waals surface area contributed by atoms with Crippen molar-refractivity contribution in [2.24, 2.45) is 11.8 Å². The maximum Gasteiger partial charge on any atom is 0.407 e. The molecule has 8 rings (SSSR count). The number of ether oxygens (including phenoxy) is 2. The highest BCUT2D eigenvalue weighted by atomic mass is 32.1. The lowest BCUT2D eigenvalue weighted by Crippen LogP contribution is -2.51. The lowest BCUT2D eigenvalue weighted by atomic mass is 10.0. The summed E-state index contributed by atoms with van der Waals surface area (Å²) in [5, 5.41) is 5.42. The smallest absolute Gasteiger partial charge is 0.407 e. The van der Waals surface area contributed by atoms with Crippen LogP contribution in [0.15, 0.2) is 54.6 Å². The number of nitrogens with zero attached hydrogens (tertiary/aromatic N) is 4. The van der Waals surface area contributed by atoms with Gasteiger partial charge in [0.05, 0.1) is 48.0 Å². The van der Waals surface area contributed by atoms with Crippen molar-refractivity contribution in [2.75, 3.05) is 27.3 Å². The summed E-state index contributed by atoms with van der Waals surface area (Å²) in [5.74, 6) is 0.727. The van der Waals surface area contributed by atoms with E-state index in [4.69, 9.17) is 19.4 Å². The van der Waals surface area contributed by atoms with Gasteiger partial charge in [-0.25, -0.2) is 19.6 Å². The molecular weight excluding hydrogens is 777 g/mol. The fourth-order valence-corrected chi connectivity index (χ4v) is 10.4. The van der Waals surface area contributed by atoms with Crippen LogP contribution in [0.25, 0.3) is 58.0 Å². The summed E-state index contributed by atoms with van der Waals surface area (Å²) < 4.78 is 11.9. The minimum absolute atomic E-state index is 0.118. The maximum atomic E-state index is 13.8. The molecular formula is C42H46N8O6S2. The van der Waals surface area contributed by atoms with Gasteiger partial charge in [-0.05, 0) is 55.4 Å². The highest BCUT2D eigenvalue weighted by Gasteiger charge is 2.38. The molecule has 6 aromatic rings. The van der Waals surface area contributed by atoms with E-state index in [1.54, 1.807) is 27.6 Å². The van der Waals surface area contributed by atoms with Gasteiger partial charge >= 0.3 is 12.2 Å². The molecule has 4 amide bonds. The molecule has 2 aromatic carbocycles. The number of amides is 4. The number of H-pyrrole nitrogens is 2. The van der Waals surface area contributed by atoms with E-state index in [0.717, 1.165) is 71.0 Å². The predicted octanol–water partition coefficient (Wildman–Crippen LogP) is 8.05. The van der Waals surface area contributed by atoms with Crippen molar-refractivity contribution in [2.45, 2.75) is 65.1 Å². The molecule has 302 valence electrons. The van der Waals surface area contributed by atoms with E-state index >= 15 is 0 Å². The van der Waals surface area contributed by atoms with E-state index in [2.05, 4.69) is 44.9 Å².